The Hall–Kier alpha value is -2.38. The van der Waals surface area contributed by atoms with E-state index in [1.165, 1.54) is 12.0 Å². The molecule has 1 N–H and O–H groups in total. The van der Waals surface area contributed by atoms with Crippen molar-refractivity contribution in [3.8, 4) is 0 Å². The first-order valence-electron chi connectivity index (χ1n) is 9.91. The van der Waals surface area contributed by atoms with Gasteiger partial charge in [-0.05, 0) is 50.3 Å². The van der Waals surface area contributed by atoms with Crippen LogP contribution in [0.15, 0.2) is 41.8 Å². The first-order chi connectivity index (χ1) is 14.0. The third kappa shape index (κ3) is 4.62. The van der Waals surface area contributed by atoms with Gasteiger partial charge < -0.3 is 14.8 Å². The minimum atomic E-state index is -0.872. The quantitative estimate of drug-likeness (QED) is 0.685. The van der Waals surface area contributed by atoms with Gasteiger partial charge in [0.25, 0.3) is 0 Å². The molecule has 1 aromatic heterocycles. The fourth-order valence-electron chi connectivity index (χ4n) is 3.81. The average molecular weight is 417 g/mol. The van der Waals surface area contributed by atoms with E-state index in [1.807, 2.05) is 6.07 Å². The molecule has 1 unspecified atom stereocenters. The molecule has 0 spiro atoms. The first kappa shape index (κ1) is 21.3. The number of anilines is 1. The van der Waals surface area contributed by atoms with Crippen LogP contribution in [0.4, 0.5) is 5.69 Å². The van der Waals surface area contributed by atoms with Crippen molar-refractivity contribution in [1.82, 2.24) is 4.90 Å². The number of hydrogen-bond acceptors (Lipinski definition) is 7. The van der Waals surface area contributed by atoms with E-state index >= 15 is 0 Å². The maximum atomic E-state index is 12.8. The van der Waals surface area contributed by atoms with Crippen molar-refractivity contribution < 1.29 is 19.1 Å². The summed E-state index contributed by atoms with van der Waals surface area (Å²) in [5.41, 5.74) is 0.145. The number of methoxy groups -OCH3 is 1. The number of thiophene rings is 1. The molecule has 3 rings (SSSR count). The molecule has 7 heteroatoms. The molecular formula is C22H28N2O4S. The molecule has 29 heavy (non-hydrogen) atoms. The summed E-state index contributed by atoms with van der Waals surface area (Å²) in [5, 5.41) is 5.43. The van der Waals surface area contributed by atoms with Gasteiger partial charge in [-0.3, -0.25) is 4.90 Å². The molecule has 6 nitrogen and oxygen atoms in total. The van der Waals surface area contributed by atoms with E-state index in [1.54, 1.807) is 36.5 Å². The number of nitrogens with zero attached hydrogens (tertiary/aromatic N) is 1. The van der Waals surface area contributed by atoms with Crippen LogP contribution in [-0.4, -0.2) is 49.2 Å². The highest BCUT2D eigenvalue weighted by Gasteiger charge is 2.44. The summed E-state index contributed by atoms with van der Waals surface area (Å²) in [6.45, 7) is 5.77. The minimum Gasteiger partial charge on any atom is -0.467 e. The monoisotopic (exact) mass is 416 g/mol. The third-order valence-corrected chi connectivity index (χ3v) is 6.57. The first-order valence-corrected chi connectivity index (χ1v) is 10.8. The number of likely N-dealkylation sites (tertiary alicyclic amines) is 1. The molecule has 156 valence electrons. The predicted octanol–water partition coefficient (Wildman–Crippen LogP) is 4.11. The summed E-state index contributed by atoms with van der Waals surface area (Å²) >= 11 is 1.75. The van der Waals surface area contributed by atoms with E-state index in [2.05, 4.69) is 34.7 Å². The van der Waals surface area contributed by atoms with Gasteiger partial charge >= 0.3 is 11.9 Å². The Morgan fingerprint density at radius 2 is 1.93 bits per heavy atom. The minimum absolute atomic E-state index is 0.297. The molecule has 0 bridgehead atoms. The molecule has 0 amide bonds. The SMILES string of the molecule is CCOC(=O)c1ccccc1NC1(C(=O)OC)CCN(C(C)c2cccs2)CC1. The molecular weight excluding hydrogens is 388 g/mol. The topological polar surface area (TPSA) is 67.9 Å². The smallest absolute Gasteiger partial charge is 0.340 e. The van der Waals surface area contributed by atoms with Gasteiger partial charge in [0.05, 0.1) is 19.3 Å². The largest absolute Gasteiger partial charge is 0.467 e. The number of hydrogen-bond donors (Lipinski definition) is 1. The van der Waals surface area contributed by atoms with Crippen molar-refractivity contribution >= 4 is 29.0 Å². The zero-order valence-electron chi connectivity index (χ0n) is 17.1. The van der Waals surface area contributed by atoms with Crippen LogP contribution in [0, 0.1) is 0 Å². The van der Waals surface area contributed by atoms with E-state index < -0.39 is 11.5 Å². The molecule has 0 saturated carbocycles. The molecule has 1 aliphatic rings. The number of carbonyl (C=O) groups excluding carboxylic acids is 2. The van der Waals surface area contributed by atoms with Gasteiger partial charge in [-0.15, -0.1) is 11.3 Å². The van der Waals surface area contributed by atoms with Crippen LogP contribution >= 0.6 is 11.3 Å². The van der Waals surface area contributed by atoms with Gasteiger partial charge in [0.15, 0.2) is 0 Å². The number of piperidine rings is 1. The van der Waals surface area contributed by atoms with Gasteiger partial charge in [-0.25, -0.2) is 9.59 Å². The third-order valence-electron chi connectivity index (χ3n) is 5.53. The fraction of sp³-hybridized carbons (Fsp3) is 0.455. The van der Waals surface area contributed by atoms with Crippen LogP contribution in [-0.2, 0) is 14.3 Å². The van der Waals surface area contributed by atoms with Crippen LogP contribution < -0.4 is 5.32 Å². The zero-order valence-corrected chi connectivity index (χ0v) is 18.0. The Labute approximate surface area is 175 Å². The number of rotatable bonds is 7. The molecule has 1 atom stereocenters. The highest BCUT2D eigenvalue weighted by atomic mass is 32.1. The van der Waals surface area contributed by atoms with Gasteiger partial charge in [-0.2, -0.15) is 0 Å². The number of para-hydroxylation sites is 1. The molecule has 2 heterocycles. The van der Waals surface area contributed by atoms with Crippen LogP contribution in [0.2, 0.25) is 0 Å². The number of benzene rings is 1. The fourth-order valence-corrected chi connectivity index (χ4v) is 4.63. The second kappa shape index (κ2) is 9.41. The summed E-state index contributed by atoms with van der Waals surface area (Å²) < 4.78 is 10.3. The van der Waals surface area contributed by atoms with E-state index in [0.717, 1.165) is 13.1 Å². The molecule has 1 aliphatic heterocycles. The zero-order chi connectivity index (χ0) is 20.9. The van der Waals surface area contributed by atoms with Gasteiger partial charge in [-0.1, -0.05) is 18.2 Å². The van der Waals surface area contributed by atoms with E-state index in [-0.39, 0.29) is 5.97 Å². The summed E-state index contributed by atoms with van der Waals surface area (Å²) in [7, 11) is 1.41. The lowest BCUT2D eigenvalue weighted by Gasteiger charge is -2.42. The lowest BCUT2D eigenvalue weighted by atomic mass is 9.86. The lowest BCUT2D eigenvalue weighted by Crippen LogP contribution is -2.55. The van der Waals surface area contributed by atoms with Gasteiger partial charge in [0.2, 0.25) is 0 Å². The van der Waals surface area contributed by atoms with Crippen molar-refractivity contribution in [3.63, 3.8) is 0 Å². The Kier molecular flexibility index (Phi) is 6.92. The second-order valence-electron chi connectivity index (χ2n) is 7.19. The number of nitrogens with one attached hydrogen (secondary N) is 1. The summed E-state index contributed by atoms with van der Waals surface area (Å²) in [6, 6.07) is 11.6. The Bertz CT molecular complexity index is 829. The molecule has 0 radical (unpaired) electrons. The lowest BCUT2D eigenvalue weighted by molar-refractivity contribution is -0.148. The van der Waals surface area contributed by atoms with Crippen molar-refractivity contribution in [1.29, 1.82) is 0 Å². The number of ether oxygens (including phenoxy) is 2. The molecule has 1 fully saturated rings. The molecule has 0 aliphatic carbocycles. The Morgan fingerprint density at radius 3 is 2.55 bits per heavy atom. The molecule has 1 saturated heterocycles. The number of carbonyl (C=O) groups is 2. The standard InChI is InChI=1S/C22H28N2O4S/c1-4-28-20(25)17-8-5-6-9-18(17)23-22(21(26)27-3)11-13-24(14-12-22)16(2)19-10-7-15-29-19/h5-10,15-16,23H,4,11-14H2,1-3H3. The van der Waals surface area contributed by atoms with Crippen molar-refractivity contribution in [2.45, 2.75) is 38.3 Å². The Morgan fingerprint density at radius 1 is 1.21 bits per heavy atom. The van der Waals surface area contributed by atoms with Crippen molar-refractivity contribution in [2.75, 3.05) is 32.1 Å². The Balaban J connectivity index is 1.80. The second-order valence-corrected chi connectivity index (χ2v) is 8.17. The van der Waals surface area contributed by atoms with Crippen LogP contribution in [0.5, 0.6) is 0 Å². The molecule has 2 aromatic rings. The maximum absolute atomic E-state index is 12.8. The highest BCUT2D eigenvalue weighted by Crippen LogP contribution is 2.34. The van der Waals surface area contributed by atoms with E-state index in [4.69, 9.17) is 9.47 Å². The normalized spacial score (nSPS) is 17.3. The summed E-state index contributed by atoms with van der Waals surface area (Å²) in [4.78, 5) is 28.8. The summed E-state index contributed by atoms with van der Waals surface area (Å²) in [6.07, 6.45) is 1.18. The van der Waals surface area contributed by atoms with Crippen molar-refractivity contribution in [3.05, 3.63) is 52.2 Å². The molecule has 1 aromatic carbocycles. The maximum Gasteiger partial charge on any atom is 0.340 e. The van der Waals surface area contributed by atoms with E-state index in [0.29, 0.717) is 36.7 Å². The van der Waals surface area contributed by atoms with Gasteiger partial charge in [0, 0.05) is 29.7 Å². The van der Waals surface area contributed by atoms with Crippen molar-refractivity contribution in [2.24, 2.45) is 0 Å². The van der Waals surface area contributed by atoms with Crippen LogP contribution in [0.1, 0.15) is 48.0 Å². The van der Waals surface area contributed by atoms with Crippen LogP contribution in [0.3, 0.4) is 0 Å². The van der Waals surface area contributed by atoms with E-state index in [9.17, 15) is 9.59 Å². The predicted molar refractivity (Wildman–Crippen MR) is 114 cm³/mol. The average Bonchev–Trinajstić information content (AvgIpc) is 3.28. The number of esters is 2. The highest BCUT2D eigenvalue weighted by molar-refractivity contribution is 7.10. The summed E-state index contributed by atoms with van der Waals surface area (Å²) in [5.74, 6) is -0.709. The van der Waals surface area contributed by atoms with Gasteiger partial charge in [0.1, 0.15) is 5.54 Å². The van der Waals surface area contributed by atoms with Crippen LogP contribution in [0.25, 0.3) is 0 Å².